The molecule has 2 aromatic heterocycles. The highest BCUT2D eigenvalue weighted by atomic mass is 35.5. The van der Waals surface area contributed by atoms with Crippen LogP contribution in [0.1, 0.15) is 13.3 Å². The second-order valence-electron chi connectivity index (χ2n) is 4.41. The van der Waals surface area contributed by atoms with Crippen molar-refractivity contribution in [3.05, 3.63) is 39.9 Å². The first kappa shape index (κ1) is 14.1. The molecule has 6 nitrogen and oxygen atoms in total. The molecule has 1 N–H and O–H groups in total. The van der Waals surface area contributed by atoms with Crippen molar-refractivity contribution in [2.75, 3.05) is 0 Å². The second-order valence-corrected chi connectivity index (χ2v) is 5.72. The van der Waals surface area contributed by atoms with Crippen LogP contribution in [0.5, 0.6) is 0 Å². The Balaban J connectivity index is 2.07. The zero-order valence-corrected chi connectivity index (χ0v) is 12.8. The Hall–Kier alpha value is -1.86. The van der Waals surface area contributed by atoms with Crippen molar-refractivity contribution in [2.45, 2.75) is 30.1 Å². The van der Waals surface area contributed by atoms with E-state index >= 15 is 0 Å². The molecular formula is C13H12ClN5OS. The van der Waals surface area contributed by atoms with Crippen molar-refractivity contribution < 1.29 is 0 Å². The number of fused-ring (bicyclic) bond motifs is 1. The summed E-state index contributed by atoms with van der Waals surface area (Å²) in [6.45, 7) is 2.61. The minimum absolute atomic E-state index is 0.217. The first-order chi connectivity index (χ1) is 10.2. The molecule has 108 valence electrons. The lowest BCUT2D eigenvalue weighted by Crippen LogP contribution is -2.17. The number of H-pyrrole nitrogens is 1. The molecule has 0 aliphatic heterocycles. The fourth-order valence-electron chi connectivity index (χ4n) is 2.01. The van der Waals surface area contributed by atoms with E-state index in [1.165, 1.54) is 11.8 Å². The summed E-state index contributed by atoms with van der Waals surface area (Å²) in [6, 6.07) is 7.62. The number of halogens is 1. The third-order valence-electron chi connectivity index (χ3n) is 2.97. The number of hydrogen-bond acceptors (Lipinski definition) is 5. The molecule has 0 aliphatic rings. The highest BCUT2D eigenvalue weighted by Gasteiger charge is 2.14. The van der Waals surface area contributed by atoms with E-state index in [0.717, 1.165) is 17.2 Å². The topological polar surface area (TPSA) is 76.5 Å². The highest BCUT2D eigenvalue weighted by Crippen LogP contribution is 2.32. The Morgan fingerprint density at radius 3 is 2.81 bits per heavy atom. The molecule has 3 aromatic rings. The number of nitrogens with zero attached hydrogens (tertiary/aromatic N) is 4. The van der Waals surface area contributed by atoms with Gasteiger partial charge in [-0.05, 0) is 18.2 Å². The average molecular weight is 322 g/mol. The third kappa shape index (κ3) is 2.66. The Kier molecular flexibility index (Phi) is 3.94. The van der Waals surface area contributed by atoms with Gasteiger partial charge in [-0.15, -0.1) is 15.3 Å². The fourth-order valence-corrected chi connectivity index (χ4v) is 3.13. The largest absolute Gasteiger partial charge is 0.343 e. The molecule has 0 atom stereocenters. The molecule has 0 bridgehead atoms. The number of nitrogens with one attached hydrogen (secondary N) is 1. The fraction of sp³-hybridized carbons (Fsp3) is 0.231. The van der Waals surface area contributed by atoms with Gasteiger partial charge in [0.15, 0.2) is 10.3 Å². The molecule has 0 fully saturated rings. The van der Waals surface area contributed by atoms with Crippen molar-refractivity contribution >= 4 is 34.1 Å². The Morgan fingerprint density at radius 1 is 1.29 bits per heavy atom. The first-order valence-electron chi connectivity index (χ1n) is 6.44. The van der Waals surface area contributed by atoms with Crippen LogP contribution in [0.15, 0.2) is 39.2 Å². The zero-order chi connectivity index (χ0) is 14.8. The molecule has 0 unspecified atom stereocenters. The van der Waals surface area contributed by atoms with Crippen LogP contribution in [-0.2, 0) is 6.54 Å². The maximum Gasteiger partial charge on any atom is 0.343 e. The van der Waals surface area contributed by atoms with Crippen LogP contribution < -0.4 is 5.69 Å². The molecule has 0 aliphatic carbocycles. The van der Waals surface area contributed by atoms with Gasteiger partial charge in [0.05, 0.1) is 0 Å². The Labute approximate surface area is 129 Å². The van der Waals surface area contributed by atoms with Gasteiger partial charge in [-0.3, -0.25) is 4.57 Å². The molecule has 0 radical (unpaired) electrons. The normalized spacial score (nSPS) is 11.1. The molecule has 2 heterocycles. The van der Waals surface area contributed by atoms with Crippen molar-refractivity contribution in [2.24, 2.45) is 0 Å². The lowest BCUT2D eigenvalue weighted by Gasteiger charge is -2.06. The van der Waals surface area contributed by atoms with E-state index < -0.39 is 0 Å². The average Bonchev–Trinajstić information content (AvgIpc) is 2.84. The van der Waals surface area contributed by atoms with Gasteiger partial charge in [0.2, 0.25) is 0 Å². The van der Waals surface area contributed by atoms with Gasteiger partial charge < -0.3 is 0 Å². The zero-order valence-electron chi connectivity index (χ0n) is 11.2. The summed E-state index contributed by atoms with van der Waals surface area (Å²) < 4.78 is 1.59. The predicted octanol–water partition coefficient (Wildman–Crippen LogP) is 2.73. The summed E-state index contributed by atoms with van der Waals surface area (Å²) in [6.07, 6.45) is 0.847. The van der Waals surface area contributed by atoms with Crippen LogP contribution in [-0.4, -0.2) is 25.0 Å². The molecule has 8 heteroatoms. The number of benzene rings is 1. The minimum Gasteiger partial charge on any atom is -0.270 e. The maximum atomic E-state index is 11.7. The lowest BCUT2D eigenvalue weighted by atomic mass is 10.2. The van der Waals surface area contributed by atoms with E-state index in [4.69, 9.17) is 11.6 Å². The molecule has 3 rings (SSSR count). The van der Waals surface area contributed by atoms with Gasteiger partial charge in [-0.2, -0.15) is 0 Å². The van der Waals surface area contributed by atoms with E-state index in [1.54, 1.807) is 4.57 Å². The Bertz CT molecular complexity index is 844. The van der Waals surface area contributed by atoms with Crippen LogP contribution in [0.3, 0.4) is 0 Å². The number of hydrogen-bond donors (Lipinski definition) is 1. The predicted molar refractivity (Wildman–Crippen MR) is 81.8 cm³/mol. The maximum absolute atomic E-state index is 11.7. The summed E-state index contributed by atoms with van der Waals surface area (Å²) in [5.41, 5.74) is -0.217. The van der Waals surface area contributed by atoms with Crippen molar-refractivity contribution in [1.29, 1.82) is 0 Å². The van der Waals surface area contributed by atoms with Crippen LogP contribution in [0.4, 0.5) is 0 Å². The van der Waals surface area contributed by atoms with Gasteiger partial charge in [-0.25, -0.2) is 9.89 Å². The summed E-state index contributed by atoms with van der Waals surface area (Å²) in [4.78, 5) is 11.7. The molecule has 21 heavy (non-hydrogen) atoms. The molecule has 0 saturated heterocycles. The number of rotatable bonds is 4. The van der Waals surface area contributed by atoms with Crippen LogP contribution in [0.25, 0.3) is 10.8 Å². The van der Waals surface area contributed by atoms with Crippen molar-refractivity contribution in [1.82, 2.24) is 25.0 Å². The smallest absolute Gasteiger partial charge is 0.270 e. The van der Waals surface area contributed by atoms with Crippen molar-refractivity contribution in [3.63, 3.8) is 0 Å². The van der Waals surface area contributed by atoms with E-state index in [2.05, 4.69) is 20.4 Å². The standard InChI is InChI=1S/C13H12ClN5OS/c1-2-7-19-12(20)17-18-13(19)21-11-9-6-4-3-5-8(9)10(14)15-16-11/h3-6H,2,7H2,1H3,(H,17,20). The SMILES string of the molecule is CCCn1c(Sc2nnc(Cl)c3ccccc23)n[nH]c1=O. The van der Waals surface area contributed by atoms with Crippen LogP contribution in [0, 0.1) is 0 Å². The van der Waals surface area contributed by atoms with Gasteiger partial charge >= 0.3 is 5.69 Å². The highest BCUT2D eigenvalue weighted by molar-refractivity contribution is 7.99. The molecule has 0 spiro atoms. The van der Waals surface area contributed by atoms with E-state index in [9.17, 15) is 4.79 Å². The van der Waals surface area contributed by atoms with Gasteiger partial charge in [0.25, 0.3) is 0 Å². The summed E-state index contributed by atoms with van der Waals surface area (Å²) in [7, 11) is 0. The second kappa shape index (κ2) is 5.87. The van der Waals surface area contributed by atoms with E-state index in [1.807, 2.05) is 31.2 Å². The molecule has 0 saturated carbocycles. The van der Waals surface area contributed by atoms with Crippen LogP contribution in [0.2, 0.25) is 5.15 Å². The quantitative estimate of drug-likeness (QED) is 0.799. The third-order valence-corrected chi connectivity index (χ3v) is 4.24. The molecular weight excluding hydrogens is 310 g/mol. The van der Waals surface area contributed by atoms with E-state index in [0.29, 0.717) is 21.9 Å². The van der Waals surface area contributed by atoms with Crippen LogP contribution >= 0.6 is 23.4 Å². The molecule has 0 amide bonds. The first-order valence-corrected chi connectivity index (χ1v) is 7.64. The summed E-state index contributed by atoms with van der Waals surface area (Å²) >= 11 is 7.36. The monoisotopic (exact) mass is 321 g/mol. The Morgan fingerprint density at radius 2 is 2.05 bits per heavy atom. The summed E-state index contributed by atoms with van der Waals surface area (Å²) in [5, 5.41) is 17.9. The van der Waals surface area contributed by atoms with Gasteiger partial charge in [0.1, 0.15) is 5.03 Å². The van der Waals surface area contributed by atoms with Gasteiger partial charge in [0, 0.05) is 17.3 Å². The minimum atomic E-state index is -0.217. The van der Waals surface area contributed by atoms with E-state index in [-0.39, 0.29) is 5.69 Å². The number of aromatic amines is 1. The number of aromatic nitrogens is 5. The van der Waals surface area contributed by atoms with Crippen molar-refractivity contribution in [3.8, 4) is 0 Å². The molecule has 1 aromatic carbocycles. The summed E-state index contributed by atoms with van der Waals surface area (Å²) in [5.74, 6) is 0. The van der Waals surface area contributed by atoms with Gasteiger partial charge in [-0.1, -0.05) is 42.8 Å². The lowest BCUT2D eigenvalue weighted by molar-refractivity contribution is 0.603.